The number of carboxylic acids is 1. The zero-order valence-corrected chi connectivity index (χ0v) is 11.1. The molecule has 0 atom stereocenters. The fraction of sp³-hybridized carbons (Fsp3) is 0.583. The smallest absolute Gasteiger partial charge is 0.321 e. The quantitative estimate of drug-likeness (QED) is 0.770. The molecule has 2 aliphatic carbocycles. The Bertz CT molecular complexity index is 520. The summed E-state index contributed by atoms with van der Waals surface area (Å²) in [4.78, 5) is 27.0. The maximum Gasteiger partial charge on any atom is 0.321 e. The lowest BCUT2D eigenvalue weighted by Gasteiger charge is -2.10. The molecular formula is C12H15N3O3S. The van der Waals surface area contributed by atoms with Gasteiger partial charge in [-0.1, -0.05) is 0 Å². The fourth-order valence-electron chi connectivity index (χ4n) is 1.92. The summed E-state index contributed by atoms with van der Waals surface area (Å²) in [6, 6.07) is -0.385. The van der Waals surface area contributed by atoms with Crippen molar-refractivity contribution in [2.24, 2.45) is 5.41 Å². The third kappa shape index (κ3) is 2.70. The summed E-state index contributed by atoms with van der Waals surface area (Å²) in [5.74, 6) is -0.269. The van der Waals surface area contributed by atoms with Crippen molar-refractivity contribution in [3.63, 3.8) is 0 Å². The minimum absolute atomic E-state index is 0.176. The van der Waals surface area contributed by atoms with E-state index in [1.165, 1.54) is 24.2 Å². The van der Waals surface area contributed by atoms with Crippen LogP contribution in [0.5, 0.6) is 0 Å². The van der Waals surface area contributed by atoms with Crippen LogP contribution in [0.1, 0.15) is 37.3 Å². The maximum atomic E-state index is 11.7. The molecule has 102 valence electrons. The van der Waals surface area contributed by atoms with Gasteiger partial charge in [0.25, 0.3) is 0 Å². The average Bonchev–Trinajstić information content (AvgIpc) is 3.28. The van der Waals surface area contributed by atoms with Crippen molar-refractivity contribution < 1.29 is 14.7 Å². The van der Waals surface area contributed by atoms with Gasteiger partial charge in [-0.3, -0.25) is 10.1 Å². The van der Waals surface area contributed by atoms with E-state index in [4.69, 9.17) is 5.11 Å². The van der Waals surface area contributed by atoms with Crippen LogP contribution in [-0.2, 0) is 4.79 Å². The van der Waals surface area contributed by atoms with Crippen molar-refractivity contribution in [1.29, 1.82) is 0 Å². The first-order valence-electron chi connectivity index (χ1n) is 6.33. The molecule has 1 aromatic rings. The molecule has 0 radical (unpaired) electrons. The van der Waals surface area contributed by atoms with Gasteiger partial charge in [-0.05, 0) is 25.7 Å². The predicted octanol–water partition coefficient (Wildman–Crippen LogP) is 2.01. The van der Waals surface area contributed by atoms with Crippen LogP contribution < -0.4 is 10.6 Å². The highest BCUT2D eigenvalue weighted by molar-refractivity contribution is 7.13. The first-order chi connectivity index (χ1) is 9.09. The first kappa shape index (κ1) is 12.4. The van der Waals surface area contributed by atoms with Gasteiger partial charge in [0, 0.05) is 17.8 Å². The van der Waals surface area contributed by atoms with E-state index < -0.39 is 11.4 Å². The van der Waals surface area contributed by atoms with E-state index in [0.29, 0.717) is 23.9 Å². The first-order valence-corrected chi connectivity index (χ1v) is 7.21. The van der Waals surface area contributed by atoms with Crippen LogP contribution in [0.2, 0.25) is 0 Å². The Hall–Kier alpha value is -1.63. The summed E-state index contributed by atoms with van der Waals surface area (Å²) in [5.41, 5.74) is 0.309. The number of hydrogen-bond donors (Lipinski definition) is 3. The molecule has 1 aromatic heterocycles. The summed E-state index contributed by atoms with van der Waals surface area (Å²) >= 11 is 1.40. The second-order valence-electron chi connectivity index (χ2n) is 5.24. The van der Waals surface area contributed by atoms with Crippen LogP contribution in [-0.4, -0.2) is 28.6 Å². The Labute approximate surface area is 114 Å². The number of anilines is 1. The molecule has 0 aromatic carbocycles. The summed E-state index contributed by atoms with van der Waals surface area (Å²) in [6.45, 7) is 0.176. The number of carboxylic acid groups (broad SMARTS) is 1. The molecule has 0 bridgehead atoms. The van der Waals surface area contributed by atoms with Crippen molar-refractivity contribution >= 4 is 28.5 Å². The Kier molecular flexibility index (Phi) is 2.93. The van der Waals surface area contributed by atoms with Crippen LogP contribution in [0.15, 0.2) is 5.38 Å². The number of nitrogens with zero attached hydrogens (tertiary/aromatic N) is 1. The molecule has 0 spiro atoms. The molecule has 19 heavy (non-hydrogen) atoms. The lowest BCUT2D eigenvalue weighted by molar-refractivity contribution is -0.143. The van der Waals surface area contributed by atoms with Crippen molar-refractivity contribution in [3.05, 3.63) is 11.1 Å². The molecule has 1 heterocycles. The summed E-state index contributed by atoms with van der Waals surface area (Å²) in [7, 11) is 0. The minimum atomic E-state index is -0.835. The van der Waals surface area contributed by atoms with E-state index in [0.717, 1.165) is 5.69 Å². The molecule has 2 aliphatic rings. The van der Waals surface area contributed by atoms with E-state index in [2.05, 4.69) is 15.6 Å². The zero-order valence-electron chi connectivity index (χ0n) is 10.3. The number of amides is 2. The predicted molar refractivity (Wildman–Crippen MR) is 70.4 cm³/mol. The van der Waals surface area contributed by atoms with Crippen LogP contribution in [0.25, 0.3) is 0 Å². The molecule has 0 unspecified atom stereocenters. The molecule has 0 aliphatic heterocycles. The minimum Gasteiger partial charge on any atom is -0.481 e. The summed E-state index contributed by atoms with van der Waals surface area (Å²) < 4.78 is 0. The van der Waals surface area contributed by atoms with Gasteiger partial charge in [0.1, 0.15) is 0 Å². The van der Waals surface area contributed by atoms with E-state index in [-0.39, 0.29) is 12.6 Å². The number of hydrogen-bond acceptors (Lipinski definition) is 4. The fourth-order valence-corrected chi connectivity index (χ4v) is 2.71. The van der Waals surface area contributed by atoms with Crippen LogP contribution in [0.4, 0.5) is 9.93 Å². The number of rotatable bonds is 5. The van der Waals surface area contributed by atoms with Crippen molar-refractivity contribution in [2.45, 2.75) is 31.6 Å². The Balaban J connectivity index is 1.49. The van der Waals surface area contributed by atoms with Gasteiger partial charge in [-0.2, -0.15) is 0 Å². The Morgan fingerprint density at radius 3 is 2.79 bits per heavy atom. The number of aliphatic carboxylic acids is 1. The highest BCUT2D eigenvalue weighted by atomic mass is 32.1. The van der Waals surface area contributed by atoms with E-state index in [9.17, 15) is 9.59 Å². The van der Waals surface area contributed by atoms with E-state index in [1.807, 2.05) is 5.38 Å². The number of thiazole rings is 1. The van der Waals surface area contributed by atoms with Crippen molar-refractivity contribution in [1.82, 2.24) is 10.3 Å². The van der Waals surface area contributed by atoms with Gasteiger partial charge in [0.2, 0.25) is 0 Å². The third-order valence-electron chi connectivity index (χ3n) is 3.63. The number of urea groups is 1. The SMILES string of the molecule is O=C(NCC1(C(=O)O)CC1)Nc1nc(C2CC2)cs1. The molecule has 6 nitrogen and oxygen atoms in total. The molecular weight excluding hydrogens is 266 g/mol. The van der Waals surface area contributed by atoms with Gasteiger partial charge >= 0.3 is 12.0 Å². The second kappa shape index (κ2) is 4.48. The van der Waals surface area contributed by atoms with Gasteiger partial charge in [-0.15, -0.1) is 11.3 Å². The molecule has 2 saturated carbocycles. The normalized spacial score (nSPS) is 19.8. The van der Waals surface area contributed by atoms with Gasteiger partial charge in [-0.25, -0.2) is 9.78 Å². The standard InChI is InChI=1S/C12H15N3O3S/c16-9(17)12(3-4-12)6-13-10(18)15-11-14-8(5-19-11)7-1-2-7/h5,7H,1-4,6H2,(H,16,17)(H2,13,14,15,18). The number of aromatic nitrogens is 1. The largest absolute Gasteiger partial charge is 0.481 e. The van der Waals surface area contributed by atoms with Crippen molar-refractivity contribution in [3.8, 4) is 0 Å². The maximum absolute atomic E-state index is 11.7. The molecule has 0 saturated heterocycles. The van der Waals surface area contributed by atoms with Crippen molar-refractivity contribution in [2.75, 3.05) is 11.9 Å². The lowest BCUT2D eigenvalue weighted by atomic mass is 10.1. The highest BCUT2D eigenvalue weighted by Gasteiger charge is 2.50. The Morgan fingerprint density at radius 2 is 2.21 bits per heavy atom. The topological polar surface area (TPSA) is 91.3 Å². The number of nitrogens with one attached hydrogen (secondary N) is 2. The molecule has 7 heteroatoms. The lowest BCUT2D eigenvalue weighted by Crippen LogP contribution is -2.36. The number of carbonyl (C=O) groups is 2. The molecule has 3 N–H and O–H groups in total. The van der Waals surface area contributed by atoms with Crippen LogP contribution in [0.3, 0.4) is 0 Å². The van der Waals surface area contributed by atoms with Crippen LogP contribution in [0, 0.1) is 5.41 Å². The second-order valence-corrected chi connectivity index (χ2v) is 6.10. The molecule has 2 amide bonds. The summed E-state index contributed by atoms with van der Waals surface area (Å²) in [5, 5.41) is 16.8. The van der Waals surface area contributed by atoms with E-state index >= 15 is 0 Å². The molecule has 3 rings (SSSR count). The number of carbonyl (C=O) groups excluding carboxylic acids is 1. The highest BCUT2D eigenvalue weighted by Crippen LogP contribution is 2.45. The van der Waals surface area contributed by atoms with E-state index in [1.54, 1.807) is 0 Å². The Morgan fingerprint density at radius 1 is 1.47 bits per heavy atom. The van der Waals surface area contributed by atoms with Crippen LogP contribution >= 0.6 is 11.3 Å². The summed E-state index contributed by atoms with van der Waals surface area (Å²) in [6.07, 6.45) is 3.62. The van der Waals surface area contributed by atoms with Gasteiger partial charge in [0.05, 0.1) is 11.1 Å². The zero-order chi connectivity index (χ0) is 13.5. The van der Waals surface area contributed by atoms with Gasteiger partial charge in [0.15, 0.2) is 5.13 Å². The molecule has 2 fully saturated rings. The third-order valence-corrected chi connectivity index (χ3v) is 4.41. The average molecular weight is 281 g/mol. The van der Waals surface area contributed by atoms with Gasteiger partial charge < -0.3 is 10.4 Å². The monoisotopic (exact) mass is 281 g/mol.